The minimum atomic E-state index is -0.981. The van der Waals surface area contributed by atoms with E-state index in [4.69, 9.17) is 0 Å². The molecule has 0 spiro atoms. The summed E-state index contributed by atoms with van der Waals surface area (Å²) in [4.78, 5) is 25.2. The van der Waals surface area contributed by atoms with Crippen LogP contribution in [0.4, 0.5) is 8.78 Å². The van der Waals surface area contributed by atoms with Crippen LogP contribution in [0.2, 0.25) is 0 Å². The second-order valence-electron chi connectivity index (χ2n) is 6.17. The van der Waals surface area contributed by atoms with E-state index in [1.54, 1.807) is 4.90 Å². The molecule has 1 N–H and O–H groups in total. The number of carboxylic acids is 1. The van der Waals surface area contributed by atoms with Crippen LogP contribution in [0.1, 0.15) is 18.4 Å². The van der Waals surface area contributed by atoms with Gasteiger partial charge in [-0.1, -0.05) is 6.07 Å². The molecular weight excluding hydrogens is 292 g/mol. The minimum absolute atomic E-state index is 0.0198. The van der Waals surface area contributed by atoms with E-state index in [0.717, 1.165) is 25.0 Å². The second kappa shape index (κ2) is 5.66. The molecule has 1 heterocycles. The maximum atomic E-state index is 13.2. The molecule has 6 heteroatoms. The SMILES string of the molecule is O=C(O)[C@H]1CN(C(=O)Cc2ccc(F)c(F)c2)C[C@@H]1C1CC1. The fraction of sp³-hybridized carbons (Fsp3) is 0.500. The molecule has 118 valence electrons. The molecule has 1 aliphatic carbocycles. The molecule has 0 radical (unpaired) electrons. The number of hydrogen-bond acceptors (Lipinski definition) is 2. The van der Waals surface area contributed by atoms with Gasteiger partial charge in [-0.2, -0.15) is 0 Å². The lowest BCUT2D eigenvalue weighted by atomic mass is 9.92. The highest BCUT2D eigenvalue weighted by Crippen LogP contribution is 2.44. The van der Waals surface area contributed by atoms with Gasteiger partial charge in [-0.05, 0) is 42.4 Å². The highest BCUT2D eigenvalue weighted by atomic mass is 19.2. The van der Waals surface area contributed by atoms with Crippen LogP contribution in [0.5, 0.6) is 0 Å². The Hall–Kier alpha value is -1.98. The van der Waals surface area contributed by atoms with Crippen molar-refractivity contribution in [1.29, 1.82) is 0 Å². The van der Waals surface area contributed by atoms with E-state index in [2.05, 4.69) is 0 Å². The summed E-state index contributed by atoms with van der Waals surface area (Å²) in [5.41, 5.74) is 0.394. The molecule has 3 rings (SSSR count). The number of carbonyl (C=O) groups is 2. The summed E-state index contributed by atoms with van der Waals surface area (Å²) in [5, 5.41) is 9.29. The first-order valence-corrected chi connectivity index (χ1v) is 7.40. The first-order valence-electron chi connectivity index (χ1n) is 7.40. The maximum absolute atomic E-state index is 13.2. The summed E-state index contributed by atoms with van der Waals surface area (Å²) in [6.07, 6.45) is 2.01. The smallest absolute Gasteiger partial charge is 0.308 e. The van der Waals surface area contributed by atoms with Crippen LogP contribution in [-0.4, -0.2) is 35.0 Å². The average molecular weight is 309 g/mol. The van der Waals surface area contributed by atoms with E-state index in [-0.39, 0.29) is 24.8 Å². The fourth-order valence-corrected chi connectivity index (χ4v) is 3.23. The van der Waals surface area contributed by atoms with Gasteiger partial charge in [0.15, 0.2) is 11.6 Å². The first kappa shape index (κ1) is 14.9. The van der Waals surface area contributed by atoms with E-state index in [1.165, 1.54) is 6.07 Å². The molecule has 22 heavy (non-hydrogen) atoms. The Morgan fingerprint density at radius 2 is 1.91 bits per heavy atom. The number of rotatable bonds is 4. The van der Waals surface area contributed by atoms with Gasteiger partial charge in [0.05, 0.1) is 12.3 Å². The van der Waals surface area contributed by atoms with Crippen LogP contribution in [0.15, 0.2) is 18.2 Å². The number of hydrogen-bond donors (Lipinski definition) is 1. The number of amides is 1. The Morgan fingerprint density at radius 3 is 2.50 bits per heavy atom. The van der Waals surface area contributed by atoms with Crippen LogP contribution < -0.4 is 0 Å². The summed E-state index contributed by atoms with van der Waals surface area (Å²) in [5.74, 6) is -3.11. The van der Waals surface area contributed by atoms with Crippen molar-refractivity contribution >= 4 is 11.9 Å². The molecule has 1 aromatic carbocycles. The van der Waals surface area contributed by atoms with E-state index < -0.39 is 23.5 Å². The van der Waals surface area contributed by atoms with Gasteiger partial charge in [0.1, 0.15) is 0 Å². The normalized spacial score (nSPS) is 24.5. The molecule has 1 saturated heterocycles. The fourth-order valence-electron chi connectivity index (χ4n) is 3.23. The number of aliphatic carboxylic acids is 1. The van der Waals surface area contributed by atoms with Gasteiger partial charge < -0.3 is 10.0 Å². The Morgan fingerprint density at radius 1 is 1.18 bits per heavy atom. The summed E-state index contributed by atoms with van der Waals surface area (Å²) < 4.78 is 26.1. The zero-order valence-corrected chi connectivity index (χ0v) is 12.0. The van der Waals surface area contributed by atoms with Gasteiger partial charge in [-0.25, -0.2) is 8.78 Å². The third kappa shape index (κ3) is 2.96. The second-order valence-corrected chi connectivity index (χ2v) is 6.17. The minimum Gasteiger partial charge on any atom is -0.481 e. The maximum Gasteiger partial charge on any atom is 0.308 e. The lowest BCUT2D eigenvalue weighted by molar-refractivity contribution is -0.142. The van der Waals surface area contributed by atoms with Crippen LogP contribution in [0.25, 0.3) is 0 Å². The lowest BCUT2D eigenvalue weighted by Gasteiger charge is -2.16. The highest BCUT2D eigenvalue weighted by molar-refractivity contribution is 5.81. The molecule has 0 unspecified atom stereocenters. The predicted octanol–water partition coefficient (Wildman–Crippen LogP) is 2.08. The number of carbonyl (C=O) groups excluding carboxylic acids is 1. The Labute approximate surface area is 126 Å². The van der Waals surface area contributed by atoms with Crippen molar-refractivity contribution in [1.82, 2.24) is 4.90 Å². The van der Waals surface area contributed by atoms with E-state index in [1.807, 2.05) is 0 Å². The molecule has 1 amide bonds. The van der Waals surface area contributed by atoms with Crippen molar-refractivity contribution in [2.45, 2.75) is 19.3 Å². The van der Waals surface area contributed by atoms with Crippen molar-refractivity contribution in [3.63, 3.8) is 0 Å². The summed E-state index contributed by atoms with van der Waals surface area (Å²) in [6, 6.07) is 3.38. The molecule has 1 saturated carbocycles. The lowest BCUT2D eigenvalue weighted by Crippen LogP contribution is -2.31. The van der Waals surface area contributed by atoms with Crippen molar-refractivity contribution in [2.75, 3.05) is 13.1 Å². The third-order valence-electron chi connectivity index (χ3n) is 4.60. The first-order chi connectivity index (χ1) is 10.5. The zero-order chi connectivity index (χ0) is 15.9. The number of halogens is 2. The van der Waals surface area contributed by atoms with Crippen molar-refractivity contribution < 1.29 is 23.5 Å². The largest absolute Gasteiger partial charge is 0.481 e. The number of benzene rings is 1. The van der Waals surface area contributed by atoms with Gasteiger partial charge in [0.25, 0.3) is 0 Å². The van der Waals surface area contributed by atoms with Gasteiger partial charge in [-0.15, -0.1) is 0 Å². The van der Waals surface area contributed by atoms with Gasteiger partial charge in [0, 0.05) is 13.1 Å². The van der Waals surface area contributed by atoms with Gasteiger partial charge in [-0.3, -0.25) is 9.59 Å². The molecule has 0 bridgehead atoms. The van der Waals surface area contributed by atoms with Crippen LogP contribution in [0, 0.1) is 29.4 Å². The van der Waals surface area contributed by atoms with Crippen molar-refractivity contribution in [3.8, 4) is 0 Å². The molecule has 1 aliphatic heterocycles. The van der Waals surface area contributed by atoms with Crippen LogP contribution in [-0.2, 0) is 16.0 Å². The Bertz CT molecular complexity index is 615. The number of nitrogens with zero attached hydrogens (tertiary/aromatic N) is 1. The number of likely N-dealkylation sites (tertiary alicyclic amines) is 1. The van der Waals surface area contributed by atoms with Gasteiger partial charge >= 0.3 is 5.97 Å². The molecule has 1 aromatic rings. The van der Waals surface area contributed by atoms with E-state index >= 15 is 0 Å². The molecule has 0 aromatic heterocycles. The third-order valence-corrected chi connectivity index (χ3v) is 4.60. The monoisotopic (exact) mass is 309 g/mol. The van der Waals surface area contributed by atoms with Crippen molar-refractivity contribution in [3.05, 3.63) is 35.4 Å². The molecule has 2 aliphatic rings. The molecule has 4 nitrogen and oxygen atoms in total. The predicted molar refractivity (Wildman–Crippen MR) is 74.0 cm³/mol. The quantitative estimate of drug-likeness (QED) is 0.926. The van der Waals surface area contributed by atoms with E-state index in [0.29, 0.717) is 18.0 Å². The Balaban J connectivity index is 1.67. The van der Waals surface area contributed by atoms with Crippen molar-refractivity contribution in [2.24, 2.45) is 17.8 Å². The van der Waals surface area contributed by atoms with Gasteiger partial charge in [0.2, 0.25) is 5.91 Å². The summed E-state index contributed by atoms with van der Waals surface area (Å²) >= 11 is 0. The zero-order valence-electron chi connectivity index (χ0n) is 12.0. The average Bonchev–Trinajstić information content (AvgIpc) is 3.21. The highest BCUT2D eigenvalue weighted by Gasteiger charge is 2.46. The van der Waals surface area contributed by atoms with Crippen LogP contribution in [0.3, 0.4) is 0 Å². The standard InChI is InChI=1S/C16H17F2NO3/c17-13-4-1-9(5-14(13)18)6-15(20)19-7-11(10-2-3-10)12(8-19)16(21)22/h1,4-5,10-12H,2-3,6-8H2,(H,21,22)/t11-,12+/m1/s1. The topological polar surface area (TPSA) is 57.6 Å². The summed E-state index contributed by atoms with van der Waals surface area (Å²) in [6.45, 7) is 0.656. The molecular formula is C16H17F2NO3. The molecule has 2 atom stereocenters. The number of carboxylic acid groups (broad SMARTS) is 1. The van der Waals surface area contributed by atoms with Crippen LogP contribution >= 0.6 is 0 Å². The molecule has 2 fully saturated rings. The van der Waals surface area contributed by atoms with E-state index in [9.17, 15) is 23.5 Å². The summed E-state index contributed by atoms with van der Waals surface area (Å²) in [7, 11) is 0. The Kier molecular flexibility index (Phi) is 3.85.